The van der Waals surface area contributed by atoms with E-state index in [9.17, 15) is 9.90 Å². The van der Waals surface area contributed by atoms with E-state index in [2.05, 4.69) is 4.98 Å². The van der Waals surface area contributed by atoms with Crippen molar-refractivity contribution in [3.8, 4) is 0 Å². The number of carbonyl (C=O) groups excluding carboxylic acids is 1. The molecule has 108 valence electrons. The second kappa shape index (κ2) is 6.17. The van der Waals surface area contributed by atoms with Gasteiger partial charge in [-0.25, -0.2) is 0 Å². The number of ether oxygens (including phenoxy) is 1. The summed E-state index contributed by atoms with van der Waals surface area (Å²) in [4.78, 5) is 18.3. The summed E-state index contributed by atoms with van der Waals surface area (Å²) in [6.45, 7) is 0.377. The molecule has 0 saturated carbocycles. The highest BCUT2D eigenvalue weighted by Crippen LogP contribution is 2.33. The van der Waals surface area contributed by atoms with Crippen molar-refractivity contribution in [3.05, 3.63) is 23.3 Å². The molecule has 0 aliphatic carbocycles. The summed E-state index contributed by atoms with van der Waals surface area (Å²) in [5.74, 6) is -0.209. The molecule has 7 heteroatoms. The molecule has 0 bridgehead atoms. The number of methoxy groups -OCH3 is 1. The summed E-state index contributed by atoms with van der Waals surface area (Å²) in [5, 5.41) is 10.5. The normalized spacial score (nSPS) is 12.6. The van der Waals surface area contributed by atoms with Crippen LogP contribution in [0.1, 0.15) is 9.67 Å². The van der Waals surface area contributed by atoms with E-state index in [0.717, 1.165) is 10.1 Å². The van der Waals surface area contributed by atoms with Gasteiger partial charge in [0.2, 0.25) is 0 Å². The number of nitrogens with zero attached hydrogens (tertiary/aromatic N) is 2. The molecule has 6 nitrogen and oxygen atoms in total. The van der Waals surface area contributed by atoms with E-state index >= 15 is 0 Å². The van der Waals surface area contributed by atoms with Crippen molar-refractivity contribution < 1.29 is 14.6 Å². The zero-order valence-electron chi connectivity index (χ0n) is 11.4. The third-order valence-corrected chi connectivity index (χ3v) is 4.06. The van der Waals surface area contributed by atoms with Gasteiger partial charge in [0.25, 0.3) is 5.91 Å². The van der Waals surface area contributed by atoms with Crippen LogP contribution in [0, 0.1) is 0 Å². The first kappa shape index (κ1) is 14.7. The summed E-state index contributed by atoms with van der Waals surface area (Å²) < 4.78 is 5.72. The predicted octanol–water partition coefficient (Wildman–Crippen LogP) is 0.958. The van der Waals surface area contributed by atoms with Gasteiger partial charge in [-0.15, -0.1) is 11.3 Å². The molecule has 0 saturated heterocycles. The molecule has 1 unspecified atom stereocenters. The van der Waals surface area contributed by atoms with Gasteiger partial charge in [0.05, 0.1) is 23.1 Å². The Morgan fingerprint density at radius 2 is 2.40 bits per heavy atom. The molecule has 0 fully saturated rings. The number of aromatic nitrogens is 1. The van der Waals surface area contributed by atoms with E-state index in [4.69, 9.17) is 10.5 Å². The van der Waals surface area contributed by atoms with Gasteiger partial charge in [-0.3, -0.25) is 9.78 Å². The maximum Gasteiger partial charge on any atom is 0.265 e. The number of carbonyl (C=O) groups is 1. The van der Waals surface area contributed by atoms with Gasteiger partial charge in [-0.05, 0) is 6.07 Å². The van der Waals surface area contributed by atoms with Crippen LogP contribution in [0.3, 0.4) is 0 Å². The van der Waals surface area contributed by atoms with Crippen molar-refractivity contribution in [2.45, 2.75) is 6.10 Å². The quantitative estimate of drug-likeness (QED) is 0.857. The van der Waals surface area contributed by atoms with E-state index in [0.29, 0.717) is 10.6 Å². The topological polar surface area (TPSA) is 88.7 Å². The van der Waals surface area contributed by atoms with Crippen LogP contribution in [0.4, 0.5) is 5.69 Å². The maximum absolute atomic E-state index is 12.4. The fraction of sp³-hybridized carbons (Fsp3) is 0.385. The Balaban J connectivity index is 2.20. The lowest BCUT2D eigenvalue weighted by Crippen LogP contribution is -2.36. The molecule has 0 spiro atoms. The van der Waals surface area contributed by atoms with Gasteiger partial charge < -0.3 is 20.5 Å². The lowest BCUT2D eigenvalue weighted by molar-refractivity contribution is 0.0382. The molecule has 2 heterocycles. The third kappa shape index (κ3) is 2.90. The first-order valence-electron chi connectivity index (χ1n) is 6.09. The van der Waals surface area contributed by atoms with Gasteiger partial charge in [-0.2, -0.15) is 0 Å². The summed E-state index contributed by atoms with van der Waals surface area (Å²) in [7, 11) is 3.13. The summed E-state index contributed by atoms with van der Waals surface area (Å²) in [6.07, 6.45) is 2.62. The molecule has 2 aromatic heterocycles. The number of pyridine rings is 1. The minimum Gasteiger partial charge on any atom is -0.397 e. The van der Waals surface area contributed by atoms with Gasteiger partial charge >= 0.3 is 0 Å². The SMILES string of the molecule is COCC(O)CN(C)C(=O)c1sc2cnccc2c1N. The number of rotatable bonds is 5. The Labute approximate surface area is 120 Å². The molecule has 20 heavy (non-hydrogen) atoms. The third-order valence-electron chi connectivity index (χ3n) is 2.92. The van der Waals surface area contributed by atoms with Crippen LogP contribution in [0.25, 0.3) is 10.1 Å². The molecule has 1 atom stereocenters. The highest BCUT2D eigenvalue weighted by molar-refractivity contribution is 7.21. The Morgan fingerprint density at radius 1 is 1.65 bits per heavy atom. The molecule has 0 radical (unpaired) electrons. The summed E-state index contributed by atoms with van der Waals surface area (Å²) in [6, 6.07) is 1.79. The number of anilines is 1. The highest BCUT2D eigenvalue weighted by Gasteiger charge is 2.21. The van der Waals surface area contributed by atoms with E-state index in [-0.39, 0.29) is 19.1 Å². The Hall–Kier alpha value is -1.70. The van der Waals surface area contributed by atoms with E-state index in [1.165, 1.54) is 23.3 Å². The molecule has 0 aliphatic heterocycles. The van der Waals surface area contributed by atoms with Gasteiger partial charge in [-0.1, -0.05) is 0 Å². The molecular formula is C13H17N3O3S. The van der Waals surface area contributed by atoms with E-state index in [1.807, 2.05) is 0 Å². The largest absolute Gasteiger partial charge is 0.397 e. The number of amides is 1. The zero-order chi connectivity index (χ0) is 14.7. The average Bonchev–Trinajstić information content (AvgIpc) is 2.76. The van der Waals surface area contributed by atoms with Crippen molar-refractivity contribution in [1.82, 2.24) is 9.88 Å². The van der Waals surface area contributed by atoms with Crippen LogP contribution in [-0.4, -0.2) is 54.3 Å². The lowest BCUT2D eigenvalue weighted by Gasteiger charge is -2.20. The van der Waals surface area contributed by atoms with Crippen molar-refractivity contribution in [3.63, 3.8) is 0 Å². The number of aliphatic hydroxyl groups is 1. The average molecular weight is 295 g/mol. The van der Waals surface area contributed by atoms with Crippen molar-refractivity contribution in [2.24, 2.45) is 0 Å². The standard InChI is InChI=1S/C13H17N3O3S/c1-16(6-8(17)7-19-2)13(18)12-11(14)9-3-4-15-5-10(9)20-12/h3-5,8,17H,6-7,14H2,1-2H3. The van der Waals surface area contributed by atoms with E-state index in [1.54, 1.807) is 25.5 Å². The van der Waals surface area contributed by atoms with Crippen LogP contribution in [0.2, 0.25) is 0 Å². The number of nitrogens with two attached hydrogens (primary N) is 1. The second-order valence-corrected chi connectivity index (χ2v) is 5.56. The molecule has 0 aromatic carbocycles. The fourth-order valence-corrected chi connectivity index (χ4v) is 3.03. The van der Waals surface area contributed by atoms with Crippen molar-refractivity contribution in [1.29, 1.82) is 0 Å². The molecule has 2 aromatic rings. The first-order valence-corrected chi connectivity index (χ1v) is 6.90. The number of hydrogen-bond donors (Lipinski definition) is 2. The van der Waals surface area contributed by atoms with E-state index < -0.39 is 6.10 Å². The minimum atomic E-state index is -0.716. The lowest BCUT2D eigenvalue weighted by atomic mass is 10.2. The second-order valence-electron chi connectivity index (χ2n) is 4.51. The Kier molecular flexibility index (Phi) is 4.53. The predicted molar refractivity (Wildman–Crippen MR) is 78.9 cm³/mol. The maximum atomic E-state index is 12.4. The molecule has 0 aliphatic rings. The van der Waals surface area contributed by atoms with Gasteiger partial charge in [0.1, 0.15) is 4.88 Å². The number of nitrogen functional groups attached to an aromatic ring is 1. The van der Waals surface area contributed by atoms with Gasteiger partial charge in [0.15, 0.2) is 0 Å². The van der Waals surface area contributed by atoms with Crippen LogP contribution in [0.5, 0.6) is 0 Å². The molecule has 2 rings (SSSR count). The van der Waals surface area contributed by atoms with Crippen molar-refractivity contribution >= 4 is 33.0 Å². The van der Waals surface area contributed by atoms with Crippen molar-refractivity contribution in [2.75, 3.05) is 33.0 Å². The van der Waals surface area contributed by atoms with Gasteiger partial charge in [0, 0.05) is 38.5 Å². The van der Waals surface area contributed by atoms with Crippen LogP contribution < -0.4 is 5.73 Å². The van der Waals surface area contributed by atoms with Crippen LogP contribution in [-0.2, 0) is 4.74 Å². The fourth-order valence-electron chi connectivity index (χ4n) is 1.95. The molecule has 3 N–H and O–H groups in total. The monoisotopic (exact) mass is 295 g/mol. The van der Waals surface area contributed by atoms with Crippen LogP contribution >= 0.6 is 11.3 Å². The summed E-state index contributed by atoms with van der Waals surface area (Å²) in [5.41, 5.74) is 6.48. The summed E-state index contributed by atoms with van der Waals surface area (Å²) >= 11 is 1.31. The minimum absolute atomic E-state index is 0.184. The zero-order valence-corrected chi connectivity index (χ0v) is 12.2. The molecule has 1 amide bonds. The number of hydrogen-bond acceptors (Lipinski definition) is 6. The number of thiophene rings is 1. The molecular weight excluding hydrogens is 278 g/mol. The number of aliphatic hydroxyl groups excluding tert-OH is 1. The Morgan fingerprint density at radius 3 is 3.05 bits per heavy atom. The number of likely N-dealkylation sites (N-methyl/N-ethyl adjacent to an activating group) is 1. The number of fused-ring (bicyclic) bond motifs is 1. The smallest absolute Gasteiger partial charge is 0.265 e. The first-order chi connectivity index (χ1) is 9.54. The Bertz CT molecular complexity index is 614. The highest BCUT2D eigenvalue weighted by atomic mass is 32.1. The van der Waals surface area contributed by atoms with Crippen LogP contribution in [0.15, 0.2) is 18.5 Å².